The number of carbonyl (C=O) groups excluding carboxylic acids is 1. The minimum Gasteiger partial charge on any atom is -0.388 e. The fourth-order valence-corrected chi connectivity index (χ4v) is 4.56. The highest BCUT2D eigenvalue weighted by molar-refractivity contribution is 5.94. The molecule has 1 aromatic carbocycles. The number of amides is 1. The average Bonchev–Trinajstić information content (AvgIpc) is 2.83. The third-order valence-electron chi connectivity index (χ3n) is 5.97. The summed E-state index contributed by atoms with van der Waals surface area (Å²) in [5.74, 6) is 0.826. The van der Waals surface area contributed by atoms with E-state index in [0.29, 0.717) is 19.5 Å². The standard InChI is InChI=1S/C22H35N3O2/c1-24(2)17-22(27)9-4-13-25(14-10-22)21(26)20-6-3-5-19(16-20)15-18-7-11-23-12-8-18/h3,5-6,16,18,23,27H,4,7-15,17H2,1-2H3. The molecule has 0 spiro atoms. The van der Waals surface area contributed by atoms with Crippen molar-refractivity contribution in [1.82, 2.24) is 15.1 Å². The van der Waals surface area contributed by atoms with E-state index in [-0.39, 0.29) is 5.91 Å². The fraction of sp³-hybridized carbons (Fsp3) is 0.682. The topological polar surface area (TPSA) is 55.8 Å². The van der Waals surface area contributed by atoms with Crippen molar-refractivity contribution in [3.8, 4) is 0 Å². The predicted octanol–water partition coefficient (Wildman–Crippen LogP) is 2.15. The van der Waals surface area contributed by atoms with Gasteiger partial charge in [-0.15, -0.1) is 0 Å². The van der Waals surface area contributed by atoms with Crippen molar-refractivity contribution in [1.29, 1.82) is 0 Å². The summed E-state index contributed by atoms with van der Waals surface area (Å²) < 4.78 is 0. The largest absolute Gasteiger partial charge is 0.388 e. The molecule has 2 N–H and O–H groups in total. The van der Waals surface area contributed by atoms with Gasteiger partial charge < -0.3 is 20.2 Å². The highest BCUT2D eigenvalue weighted by Crippen LogP contribution is 2.25. The van der Waals surface area contributed by atoms with Crippen LogP contribution in [0.1, 0.15) is 48.0 Å². The lowest BCUT2D eigenvalue weighted by Crippen LogP contribution is -2.41. The second-order valence-electron chi connectivity index (χ2n) is 8.71. The van der Waals surface area contributed by atoms with Gasteiger partial charge in [0, 0.05) is 25.2 Å². The zero-order valence-corrected chi connectivity index (χ0v) is 16.9. The Morgan fingerprint density at radius 2 is 2.04 bits per heavy atom. The Balaban J connectivity index is 1.62. The SMILES string of the molecule is CN(C)CC1(O)CCCN(C(=O)c2cccc(CC3CCNCC3)c2)CC1. The van der Waals surface area contributed by atoms with E-state index in [1.807, 2.05) is 36.0 Å². The molecular weight excluding hydrogens is 338 g/mol. The highest BCUT2D eigenvalue weighted by atomic mass is 16.3. The third-order valence-corrected chi connectivity index (χ3v) is 5.97. The first-order valence-corrected chi connectivity index (χ1v) is 10.4. The number of piperidine rings is 1. The van der Waals surface area contributed by atoms with Crippen molar-refractivity contribution in [3.05, 3.63) is 35.4 Å². The van der Waals surface area contributed by atoms with Crippen molar-refractivity contribution >= 4 is 5.91 Å². The summed E-state index contributed by atoms with van der Waals surface area (Å²) in [5, 5.41) is 14.2. The Morgan fingerprint density at radius 1 is 1.26 bits per heavy atom. The molecule has 5 heteroatoms. The van der Waals surface area contributed by atoms with Gasteiger partial charge in [-0.05, 0) is 89.3 Å². The van der Waals surface area contributed by atoms with E-state index in [0.717, 1.165) is 50.4 Å². The normalized spacial score (nSPS) is 24.8. The van der Waals surface area contributed by atoms with Crippen LogP contribution in [0.15, 0.2) is 24.3 Å². The maximum atomic E-state index is 13.1. The molecule has 0 radical (unpaired) electrons. The zero-order chi connectivity index (χ0) is 19.3. The number of carbonyl (C=O) groups is 1. The van der Waals surface area contributed by atoms with Crippen LogP contribution in [-0.4, -0.2) is 73.2 Å². The van der Waals surface area contributed by atoms with Crippen molar-refractivity contribution in [2.75, 3.05) is 46.8 Å². The van der Waals surface area contributed by atoms with E-state index in [9.17, 15) is 9.90 Å². The Labute approximate surface area is 163 Å². The van der Waals surface area contributed by atoms with Crippen LogP contribution < -0.4 is 5.32 Å². The average molecular weight is 374 g/mol. The maximum absolute atomic E-state index is 13.1. The molecule has 0 aromatic heterocycles. The molecule has 2 aliphatic rings. The molecule has 0 saturated carbocycles. The van der Waals surface area contributed by atoms with Crippen LogP contribution in [0.3, 0.4) is 0 Å². The van der Waals surface area contributed by atoms with E-state index in [1.54, 1.807) is 0 Å². The summed E-state index contributed by atoms with van der Waals surface area (Å²) in [4.78, 5) is 17.0. The number of hydrogen-bond donors (Lipinski definition) is 2. The molecule has 1 amide bonds. The number of likely N-dealkylation sites (tertiary alicyclic amines) is 1. The van der Waals surface area contributed by atoms with E-state index in [4.69, 9.17) is 0 Å². The van der Waals surface area contributed by atoms with Gasteiger partial charge in [0.15, 0.2) is 0 Å². The van der Waals surface area contributed by atoms with Crippen LogP contribution in [0.25, 0.3) is 0 Å². The summed E-state index contributed by atoms with van der Waals surface area (Å²) in [6.07, 6.45) is 5.75. The Bertz CT molecular complexity index is 628. The van der Waals surface area contributed by atoms with Gasteiger partial charge in [-0.2, -0.15) is 0 Å². The first-order chi connectivity index (χ1) is 13.0. The lowest BCUT2D eigenvalue weighted by atomic mass is 9.90. The molecule has 0 bridgehead atoms. The first kappa shape index (κ1) is 20.3. The summed E-state index contributed by atoms with van der Waals surface area (Å²) in [5.41, 5.74) is 1.38. The van der Waals surface area contributed by atoms with Crippen LogP contribution in [0.5, 0.6) is 0 Å². The summed E-state index contributed by atoms with van der Waals surface area (Å²) in [6.45, 7) is 4.22. The van der Waals surface area contributed by atoms with Crippen LogP contribution in [0.4, 0.5) is 0 Å². The van der Waals surface area contributed by atoms with Crippen molar-refractivity contribution < 1.29 is 9.90 Å². The van der Waals surface area contributed by atoms with Gasteiger partial charge in [0.2, 0.25) is 0 Å². The Hall–Kier alpha value is -1.43. The van der Waals surface area contributed by atoms with Crippen LogP contribution in [0.2, 0.25) is 0 Å². The number of benzene rings is 1. The molecule has 2 fully saturated rings. The van der Waals surface area contributed by atoms with Crippen LogP contribution in [-0.2, 0) is 6.42 Å². The second-order valence-corrected chi connectivity index (χ2v) is 8.71. The molecule has 27 heavy (non-hydrogen) atoms. The van der Waals surface area contributed by atoms with E-state index >= 15 is 0 Å². The van der Waals surface area contributed by atoms with E-state index < -0.39 is 5.60 Å². The summed E-state index contributed by atoms with van der Waals surface area (Å²) in [6, 6.07) is 8.19. The molecule has 2 heterocycles. The molecule has 2 aliphatic heterocycles. The summed E-state index contributed by atoms with van der Waals surface area (Å²) in [7, 11) is 3.97. The zero-order valence-electron chi connectivity index (χ0n) is 16.9. The molecule has 1 aromatic rings. The number of nitrogens with one attached hydrogen (secondary N) is 1. The minimum atomic E-state index is -0.685. The molecule has 1 unspecified atom stereocenters. The quantitative estimate of drug-likeness (QED) is 0.830. The second kappa shape index (κ2) is 9.18. The Kier molecular flexibility index (Phi) is 6.90. The molecule has 150 valence electrons. The van der Waals surface area contributed by atoms with Gasteiger partial charge in [-0.1, -0.05) is 12.1 Å². The lowest BCUT2D eigenvalue weighted by Gasteiger charge is -2.30. The lowest BCUT2D eigenvalue weighted by molar-refractivity contribution is 0.00305. The van der Waals surface area contributed by atoms with Crippen molar-refractivity contribution in [2.24, 2.45) is 5.92 Å². The summed E-state index contributed by atoms with van der Waals surface area (Å²) >= 11 is 0. The van der Waals surface area contributed by atoms with Gasteiger partial charge in [0.05, 0.1) is 5.60 Å². The smallest absolute Gasteiger partial charge is 0.253 e. The van der Waals surface area contributed by atoms with Gasteiger partial charge >= 0.3 is 0 Å². The Morgan fingerprint density at radius 3 is 2.78 bits per heavy atom. The van der Waals surface area contributed by atoms with Gasteiger partial charge in [-0.3, -0.25) is 4.79 Å². The molecule has 0 aliphatic carbocycles. The van der Waals surface area contributed by atoms with Gasteiger partial charge in [0.1, 0.15) is 0 Å². The van der Waals surface area contributed by atoms with Crippen LogP contribution >= 0.6 is 0 Å². The molecule has 1 atom stereocenters. The highest BCUT2D eigenvalue weighted by Gasteiger charge is 2.32. The van der Waals surface area contributed by atoms with Gasteiger partial charge in [0.25, 0.3) is 5.91 Å². The van der Waals surface area contributed by atoms with Crippen molar-refractivity contribution in [2.45, 2.75) is 44.1 Å². The minimum absolute atomic E-state index is 0.108. The number of aliphatic hydroxyl groups is 1. The first-order valence-electron chi connectivity index (χ1n) is 10.4. The number of hydrogen-bond acceptors (Lipinski definition) is 4. The number of rotatable bonds is 5. The van der Waals surface area contributed by atoms with E-state index in [1.165, 1.54) is 18.4 Å². The fourth-order valence-electron chi connectivity index (χ4n) is 4.56. The van der Waals surface area contributed by atoms with Crippen molar-refractivity contribution in [3.63, 3.8) is 0 Å². The van der Waals surface area contributed by atoms with Crippen LogP contribution in [0, 0.1) is 5.92 Å². The van der Waals surface area contributed by atoms with Gasteiger partial charge in [-0.25, -0.2) is 0 Å². The molecule has 3 rings (SSSR count). The maximum Gasteiger partial charge on any atom is 0.253 e. The number of likely N-dealkylation sites (N-methyl/N-ethyl adjacent to an activating group) is 1. The monoisotopic (exact) mass is 373 g/mol. The predicted molar refractivity (Wildman–Crippen MR) is 109 cm³/mol. The molecule has 2 saturated heterocycles. The molecule has 5 nitrogen and oxygen atoms in total. The molecular formula is C22H35N3O2. The third kappa shape index (κ3) is 5.77. The number of nitrogens with zero attached hydrogens (tertiary/aromatic N) is 2. The van der Waals surface area contributed by atoms with E-state index in [2.05, 4.69) is 17.4 Å².